The number of rotatable bonds is 5. The van der Waals surface area contributed by atoms with Crippen molar-refractivity contribution in [3.8, 4) is 11.3 Å². The molecule has 0 radical (unpaired) electrons. The first-order valence-corrected chi connectivity index (χ1v) is 11.6. The molecule has 31 heavy (non-hydrogen) atoms. The number of pyridine rings is 1. The fourth-order valence-corrected chi connectivity index (χ4v) is 5.02. The summed E-state index contributed by atoms with van der Waals surface area (Å²) in [6.07, 6.45) is 1.77. The number of β-amino-alcohol motifs (C(OH)–C–C–N with tert-alkyl or cyclic N) is 1. The Hall–Kier alpha value is -1.95. The van der Waals surface area contributed by atoms with Gasteiger partial charge in [-0.25, -0.2) is 4.98 Å². The first-order chi connectivity index (χ1) is 14.7. The zero-order chi connectivity index (χ0) is 22.2. The molecule has 0 saturated carbocycles. The van der Waals surface area contributed by atoms with Gasteiger partial charge in [-0.1, -0.05) is 45.9 Å². The highest BCUT2D eigenvalue weighted by atomic mass is 16.3. The standard InChI is InChI=1S/C26H37N3O2/c1-25(2)10-11-26(3,4)22-16-19(8-9-21(22)25)23-6-5-7-24(27-23)29-14-12-28(13-15-29)17-20(31)18-30/h5-9,16,20,30-31H,10-15,17-18H2,1-4H3. The summed E-state index contributed by atoms with van der Waals surface area (Å²) in [5.74, 6) is 1.01. The second-order valence-corrected chi connectivity index (χ2v) is 10.5. The highest BCUT2D eigenvalue weighted by molar-refractivity contribution is 5.65. The van der Waals surface area contributed by atoms with Crippen LogP contribution in [0.15, 0.2) is 36.4 Å². The number of aliphatic hydroxyl groups excluding tert-OH is 2. The van der Waals surface area contributed by atoms with E-state index in [-0.39, 0.29) is 17.4 Å². The molecule has 1 aromatic heterocycles. The molecule has 2 heterocycles. The Labute approximate surface area is 186 Å². The fraction of sp³-hybridized carbons (Fsp3) is 0.577. The van der Waals surface area contributed by atoms with Crippen molar-refractivity contribution in [1.82, 2.24) is 9.88 Å². The van der Waals surface area contributed by atoms with E-state index in [1.165, 1.54) is 29.5 Å². The van der Waals surface area contributed by atoms with Crippen LogP contribution in [-0.2, 0) is 10.8 Å². The SMILES string of the molecule is CC1(C)CCC(C)(C)c2cc(-c3cccc(N4CCN(CC(O)CO)CC4)n3)ccc21. The number of hydrogen-bond acceptors (Lipinski definition) is 5. The monoisotopic (exact) mass is 423 g/mol. The van der Waals surface area contributed by atoms with E-state index in [9.17, 15) is 5.11 Å². The number of anilines is 1. The van der Waals surface area contributed by atoms with E-state index in [1.54, 1.807) is 0 Å². The summed E-state index contributed by atoms with van der Waals surface area (Å²) in [7, 11) is 0. The van der Waals surface area contributed by atoms with E-state index < -0.39 is 6.10 Å². The second kappa shape index (κ2) is 8.53. The molecule has 2 N–H and O–H groups in total. The normalized spacial score (nSPS) is 21.5. The van der Waals surface area contributed by atoms with Gasteiger partial charge in [0.15, 0.2) is 0 Å². The van der Waals surface area contributed by atoms with E-state index in [2.05, 4.69) is 73.9 Å². The predicted molar refractivity (Wildman–Crippen MR) is 127 cm³/mol. The maximum absolute atomic E-state index is 9.69. The highest BCUT2D eigenvalue weighted by Gasteiger charge is 2.37. The molecule has 1 atom stereocenters. The molecule has 1 saturated heterocycles. The van der Waals surface area contributed by atoms with E-state index in [0.29, 0.717) is 6.54 Å². The van der Waals surface area contributed by atoms with E-state index >= 15 is 0 Å². The van der Waals surface area contributed by atoms with Gasteiger partial charge >= 0.3 is 0 Å². The van der Waals surface area contributed by atoms with Crippen LogP contribution in [0.1, 0.15) is 51.7 Å². The van der Waals surface area contributed by atoms with Crippen molar-refractivity contribution in [3.05, 3.63) is 47.5 Å². The van der Waals surface area contributed by atoms with Crippen LogP contribution in [0.3, 0.4) is 0 Å². The summed E-state index contributed by atoms with van der Waals surface area (Å²) >= 11 is 0. The third-order valence-corrected chi connectivity index (χ3v) is 7.26. The first kappa shape index (κ1) is 22.3. The molecule has 168 valence electrons. The fourth-order valence-electron chi connectivity index (χ4n) is 5.02. The number of aliphatic hydroxyl groups is 2. The number of nitrogens with zero attached hydrogens (tertiary/aromatic N) is 3. The Morgan fingerprint density at radius 3 is 2.29 bits per heavy atom. The first-order valence-electron chi connectivity index (χ1n) is 11.6. The molecule has 1 fully saturated rings. The van der Waals surface area contributed by atoms with Crippen LogP contribution in [0.4, 0.5) is 5.82 Å². The topological polar surface area (TPSA) is 59.8 Å². The van der Waals surface area contributed by atoms with Crippen LogP contribution in [0.25, 0.3) is 11.3 Å². The largest absolute Gasteiger partial charge is 0.394 e. The van der Waals surface area contributed by atoms with Crippen molar-refractivity contribution in [2.24, 2.45) is 0 Å². The molecule has 2 aromatic rings. The maximum atomic E-state index is 9.69. The minimum atomic E-state index is -0.661. The average Bonchev–Trinajstić information content (AvgIpc) is 2.77. The molecular formula is C26H37N3O2. The molecule has 0 amide bonds. The molecule has 1 aliphatic carbocycles. The van der Waals surface area contributed by atoms with E-state index in [4.69, 9.17) is 10.1 Å². The number of fused-ring (bicyclic) bond motifs is 1. The minimum absolute atomic E-state index is 0.182. The highest BCUT2D eigenvalue weighted by Crippen LogP contribution is 2.46. The Bertz CT molecular complexity index is 917. The number of benzene rings is 1. The van der Waals surface area contributed by atoms with Gasteiger partial charge in [-0.3, -0.25) is 4.90 Å². The summed E-state index contributed by atoms with van der Waals surface area (Å²) < 4.78 is 0. The predicted octanol–water partition coefficient (Wildman–Crippen LogP) is 3.57. The van der Waals surface area contributed by atoms with Crippen molar-refractivity contribution < 1.29 is 10.2 Å². The Morgan fingerprint density at radius 1 is 0.935 bits per heavy atom. The van der Waals surface area contributed by atoms with Crippen molar-refractivity contribution in [3.63, 3.8) is 0 Å². The lowest BCUT2D eigenvalue weighted by molar-refractivity contribution is 0.0574. The summed E-state index contributed by atoms with van der Waals surface area (Å²) in [6.45, 7) is 13.3. The van der Waals surface area contributed by atoms with Crippen molar-refractivity contribution in [1.29, 1.82) is 0 Å². The van der Waals surface area contributed by atoms with Gasteiger partial charge in [0.25, 0.3) is 0 Å². The number of aromatic nitrogens is 1. The molecule has 1 aromatic carbocycles. The van der Waals surface area contributed by atoms with Gasteiger partial charge in [-0.05, 0) is 53.0 Å². The molecular weight excluding hydrogens is 386 g/mol. The molecule has 2 aliphatic rings. The van der Waals surface area contributed by atoms with Crippen molar-refractivity contribution in [2.45, 2.75) is 57.5 Å². The van der Waals surface area contributed by atoms with Crippen molar-refractivity contribution in [2.75, 3.05) is 44.2 Å². The van der Waals surface area contributed by atoms with Gasteiger partial charge in [-0.2, -0.15) is 0 Å². The smallest absolute Gasteiger partial charge is 0.129 e. The summed E-state index contributed by atoms with van der Waals surface area (Å²) in [4.78, 5) is 9.54. The minimum Gasteiger partial charge on any atom is -0.394 e. The van der Waals surface area contributed by atoms with Gasteiger partial charge in [0.1, 0.15) is 5.82 Å². The lowest BCUT2D eigenvalue weighted by atomic mass is 9.63. The molecule has 0 bridgehead atoms. The van der Waals surface area contributed by atoms with Gasteiger partial charge in [0, 0.05) is 38.3 Å². The van der Waals surface area contributed by atoms with Crippen LogP contribution in [0.2, 0.25) is 0 Å². The van der Waals surface area contributed by atoms with Crippen molar-refractivity contribution >= 4 is 5.82 Å². The van der Waals surface area contributed by atoms with E-state index in [0.717, 1.165) is 37.7 Å². The summed E-state index contributed by atoms with van der Waals surface area (Å²) in [5.41, 5.74) is 5.57. The lowest BCUT2D eigenvalue weighted by Crippen LogP contribution is -2.49. The Balaban J connectivity index is 1.55. The maximum Gasteiger partial charge on any atom is 0.129 e. The van der Waals surface area contributed by atoms with Gasteiger partial charge in [0.05, 0.1) is 18.4 Å². The second-order valence-electron chi connectivity index (χ2n) is 10.5. The third-order valence-electron chi connectivity index (χ3n) is 7.26. The van der Waals surface area contributed by atoms with Crippen LogP contribution in [0.5, 0.6) is 0 Å². The molecule has 0 spiro atoms. The molecule has 4 rings (SSSR count). The number of piperazine rings is 1. The average molecular weight is 424 g/mol. The zero-order valence-electron chi connectivity index (χ0n) is 19.4. The van der Waals surface area contributed by atoms with Crippen LogP contribution in [-0.4, -0.2) is 65.5 Å². The Kier molecular flexibility index (Phi) is 6.12. The van der Waals surface area contributed by atoms with Crippen LogP contribution >= 0.6 is 0 Å². The molecule has 5 nitrogen and oxygen atoms in total. The zero-order valence-corrected chi connectivity index (χ0v) is 19.4. The lowest BCUT2D eigenvalue weighted by Gasteiger charge is -2.42. The third kappa shape index (κ3) is 4.64. The summed E-state index contributed by atoms with van der Waals surface area (Å²) in [6, 6.07) is 13.2. The van der Waals surface area contributed by atoms with Crippen LogP contribution < -0.4 is 4.90 Å². The van der Waals surface area contributed by atoms with Crippen LogP contribution in [0, 0.1) is 0 Å². The quantitative estimate of drug-likeness (QED) is 0.770. The summed E-state index contributed by atoms with van der Waals surface area (Å²) in [5, 5.41) is 18.8. The van der Waals surface area contributed by atoms with Gasteiger partial charge in [0.2, 0.25) is 0 Å². The van der Waals surface area contributed by atoms with E-state index in [1.807, 2.05) is 0 Å². The Morgan fingerprint density at radius 2 is 1.61 bits per heavy atom. The van der Waals surface area contributed by atoms with Gasteiger partial charge < -0.3 is 15.1 Å². The van der Waals surface area contributed by atoms with Gasteiger partial charge in [-0.15, -0.1) is 0 Å². The molecule has 5 heteroatoms. The molecule has 1 aliphatic heterocycles. The number of hydrogen-bond donors (Lipinski definition) is 2. The molecule has 1 unspecified atom stereocenters.